The lowest BCUT2D eigenvalue weighted by atomic mass is 10.3. The van der Waals surface area contributed by atoms with Crippen LogP contribution < -0.4 is 5.32 Å². The van der Waals surface area contributed by atoms with E-state index in [2.05, 4.69) is 25.5 Å². The molecule has 3 rings (SSSR count). The minimum atomic E-state index is 0.550. The summed E-state index contributed by atoms with van der Waals surface area (Å²) >= 11 is 0. The van der Waals surface area contributed by atoms with E-state index in [9.17, 15) is 0 Å². The molecule has 0 unspecified atom stereocenters. The lowest BCUT2D eigenvalue weighted by molar-refractivity contribution is 0.752. The number of anilines is 1. The van der Waals surface area contributed by atoms with Crippen LogP contribution in [-0.2, 0) is 0 Å². The molecule has 0 radical (unpaired) electrons. The van der Waals surface area contributed by atoms with E-state index in [4.69, 9.17) is 0 Å². The molecule has 0 saturated carbocycles. The lowest BCUT2D eigenvalue weighted by Gasteiger charge is -2.00. The molecule has 19 heavy (non-hydrogen) atoms. The molecule has 0 atom stereocenters. The van der Waals surface area contributed by atoms with Crippen LogP contribution in [0.25, 0.3) is 17.2 Å². The Morgan fingerprint density at radius 2 is 1.95 bits per heavy atom. The van der Waals surface area contributed by atoms with E-state index in [1.165, 1.54) is 0 Å². The summed E-state index contributed by atoms with van der Waals surface area (Å²) in [5.74, 6) is 1.30. The van der Waals surface area contributed by atoms with Gasteiger partial charge in [-0.1, -0.05) is 18.2 Å². The quantitative estimate of drug-likeness (QED) is 0.769. The Morgan fingerprint density at radius 1 is 1.11 bits per heavy atom. The smallest absolute Gasteiger partial charge is 0.183 e. The number of hydrogen-bond donors (Lipinski definition) is 1. The second-order valence-electron chi connectivity index (χ2n) is 3.87. The van der Waals surface area contributed by atoms with Gasteiger partial charge in [-0.15, -0.1) is 5.10 Å². The van der Waals surface area contributed by atoms with Gasteiger partial charge in [0.2, 0.25) is 0 Å². The Morgan fingerprint density at radius 3 is 2.74 bits per heavy atom. The highest BCUT2D eigenvalue weighted by Crippen LogP contribution is 2.13. The fourth-order valence-corrected chi connectivity index (χ4v) is 1.67. The van der Waals surface area contributed by atoms with Gasteiger partial charge in [0, 0.05) is 13.2 Å². The first kappa shape index (κ1) is 11.3. The van der Waals surface area contributed by atoms with Gasteiger partial charge < -0.3 is 5.32 Å². The highest BCUT2D eigenvalue weighted by Gasteiger charge is 2.08. The number of benzene rings is 1. The molecule has 6 heteroatoms. The van der Waals surface area contributed by atoms with E-state index >= 15 is 0 Å². The van der Waals surface area contributed by atoms with E-state index in [1.54, 1.807) is 23.3 Å². The SMILES string of the molecule is CNc1ccnc(-c2cnn(-c3ccccc3)n2)n1. The van der Waals surface area contributed by atoms with Crippen LogP contribution in [0, 0.1) is 0 Å². The van der Waals surface area contributed by atoms with Crippen molar-refractivity contribution in [1.29, 1.82) is 0 Å². The Labute approximate surface area is 110 Å². The number of rotatable bonds is 3. The van der Waals surface area contributed by atoms with Crippen LogP contribution in [0.3, 0.4) is 0 Å². The van der Waals surface area contributed by atoms with Crippen molar-refractivity contribution >= 4 is 5.82 Å². The van der Waals surface area contributed by atoms with Gasteiger partial charge in [-0.2, -0.15) is 9.90 Å². The summed E-state index contributed by atoms with van der Waals surface area (Å²) in [6.07, 6.45) is 3.34. The maximum Gasteiger partial charge on any atom is 0.183 e. The summed E-state index contributed by atoms with van der Waals surface area (Å²) in [4.78, 5) is 10.1. The van der Waals surface area contributed by atoms with Crippen LogP contribution in [0.5, 0.6) is 0 Å². The second-order valence-corrected chi connectivity index (χ2v) is 3.87. The number of para-hydroxylation sites is 1. The first-order chi connectivity index (χ1) is 9.36. The van der Waals surface area contributed by atoms with Gasteiger partial charge in [0.15, 0.2) is 11.5 Å². The highest BCUT2D eigenvalue weighted by molar-refractivity contribution is 5.50. The van der Waals surface area contributed by atoms with Crippen molar-refractivity contribution in [3.8, 4) is 17.2 Å². The molecule has 0 aliphatic rings. The van der Waals surface area contributed by atoms with Gasteiger partial charge in [0.25, 0.3) is 0 Å². The third-order valence-electron chi connectivity index (χ3n) is 2.62. The Bertz CT molecular complexity index is 676. The van der Waals surface area contributed by atoms with Gasteiger partial charge in [0.05, 0.1) is 11.9 Å². The fraction of sp³-hybridized carbons (Fsp3) is 0.0769. The molecule has 2 heterocycles. The van der Waals surface area contributed by atoms with Gasteiger partial charge in [0.1, 0.15) is 5.82 Å². The molecular formula is C13H12N6. The van der Waals surface area contributed by atoms with Crippen LogP contribution in [-0.4, -0.2) is 32.0 Å². The summed E-state index contributed by atoms with van der Waals surface area (Å²) in [5, 5.41) is 11.6. The number of nitrogens with one attached hydrogen (secondary N) is 1. The van der Waals surface area contributed by atoms with Crippen molar-refractivity contribution < 1.29 is 0 Å². The molecule has 0 spiro atoms. The maximum absolute atomic E-state index is 4.38. The van der Waals surface area contributed by atoms with E-state index in [-0.39, 0.29) is 0 Å². The standard InChI is InChI=1S/C13H12N6/c1-14-12-7-8-15-13(17-12)11-9-16-19(18-11)10-5-3-2-4-6-10/h2-9H,1H3,(H,14,15,17). The predicted octanol–water partition coefficient (Wildman–Crippen LogP) is 1.77. The van der Waals surface area contributed by atoms with E-state index in [0.717, 1.165) is 11.5 Å². The topological polar surface area (TPSA) is 68.5 Å². The fourth-order valence-electron chi connectivity index (χ4n) is 1.67. The van der Waals surface area contributed by atoms with Crippen LogP contribution in [0.2, 0.25) is 0 Å². The first-order valence-corrected chi connectivity index (χ1v) is 5.86. The number of nitrogens with zero attached hydrogens (tertiary/aromatic N) is 5. The van der Waals surface area contributed by atoms with Gasteiger partial charge in [-0.3, -0.25) is 0 Å². The molecule has 3 aromatic rings. The van der Waals surface area contributed by atoms with Crippen LogP contribution in [0.4, 0.5) is 5.82 Å². The Hall–Kier alpha value is -2.76. The average molecular weight is 252 g/mol. The first-order valence-electron chi connectivity index (χ1n) is 5.86. The zero-order chi connectivity index (χ0) is 13.1. The minimum Gasteiger partial charge on any atom is -0.373 e. The van der Waals surface area contributed by atoms with Crippen LogP contribution in [0.15, 0.2) is 48.8 Å². The summed E-state index contributed by atoms with van der Waals surface area (Å²) in [6.45, 7) is 0. The molecule has 1 N–H and O–H groups in total. The van der Waals surface area contributed by atoms with Crippen molar-refractivity contribution in [2.45, 2.75) is 0 Å². The van der Waals surface area contributed by atoms with Crippen molar-refractivity contribution in [1.82, 2.24) is 25.0 Å². The molecule has 0 aliphatic heterocycles. The summed E-state index contributed by atoms with van der Waals surface area (Å²) in [5.41, 5.74) is 1.54. The predicted molar refractivity (Wildman–Crippen MR) is 71.9 cm³/mol. The van der Waals surface area contributed by atoms with Crippen molar-refractivity contribution in [2.24, 2.45) is 0 Å². The van der Waals surface area contributed by atoms with E-state index in [0.29, 0.717) is 11.5 Å². The van der Waals surface area contributed by atoms with Gasteiger partial charge >= 0.3 is 0 Å². The Balaban J connectivity index is 1.97. The molecule has 0 amide bonds. The largest absolute Gasteiger partial charge is 0.373 e. The van der Waals surface area contributed by atoms with Gasteiger partial charge in [-0.05, 0) is 18.2 Å². The monoisotopic (exact) mass is 252 g/mol. The van der Waals surface area contributed by atoms with Gasteiger partial charge in [-0.25, -0.2) is 9.97 Å². The minimum absolute atomic E-state index is 0.550. The summed E-state index contributed by atoms with van der Waals surface area (Å²) < 4.78 is 0. The summed E-state index contributed by atoms with van der Waals surface area (Å²) in [7, 11) is 1.81. The highest BCUT2D eigenvalue weighted by atomic mass is 15.5. The molecule has 0 aliphatic carbocycles. The molecule has 1 aromatic carbocycles. The zero-order valence-electron chi connectivity index (χ0n) is 10.4. The molecule has 0 saturated heterocycles. The number of aromatic nitrogens is 5. The van der Waals surface area contributed by atoms with E-state index < -0.39 is 0 Å². The normalized spacial score (nSPS) is 10.4. The molecule has 6 nitrogen and oxygen atoms in total. The third-order valence-corrected chi connectivity index (χ3v) is 2.62. The van der Waals surface area contributed by atoms with Crippen LogP contribution in [0.1, 0.15) is 0 Å². The Kier molecular flexibility index (Phi) is 2.89. The summed E-state index contributed by atoms with van der Waals surface area (Å²) in [6, 6.07) is 11.5. The van der Waals surface area contributed by atoms with Crippen LogP contribution >= 0.6 is 0 Å². The number of hydrogen-bond acceptors (Lipinski definition) is 5. The second kappa shape index (κ2) is 4.85. The van der Waals surface area contributed by atoms with E-state index in [1.807, 2.05) is 37.4 Å². The zero-order valence-corrected chi connectivity index (χ0v) is 10.4. The average Bonchev–Trinajstić information content (AvgIpc) is 2.98. The third kappa shape index (κ3) is 2.28. The molecule has 0 fully saturated rings. The molecular weight excluding hydrogens is 240 g/mol. The molecule has 0 bridgehead atoms. The van der Waals surface area contributed by atoms with Crippen molar-refractivity contribution in [3.63, 3.8) is 0 Å². The van der Waals surface area contributed by atoms with Crippen molar-refractivity contribution in [3.05, 3.63) is 48.8 Å². The van der Waals surface area contributed by atoms with Crippen molar-refractivity contribution in [2.75, 3.05) is 12.4 Å². The molecule has 94 valence electrons. The lowest BCUT2D eigenvalue weighted by Crippen LogP contribution is -1.99. The maximum atomic E-state index is 4.38. The molecule has 2 aromatic heterocycles.